The molecule has 17 nitrogen and oxygen atoms in total. The van der Waals surface area contributed by atoms with Crippen LogP contribution in [0.25, 0.3) is 0 Å². The van der Waals surface area contributed by atoms with Gasteiger partial charge in [0.2, 0.25) is 0 Å². The number of phosphoric acid groups is 2. The number of rotatable bonds is 74. The first kappa shape index (κ1) is 100. The number of aliphatic hydroxyl groups excluding tert-OH is 1. The molecule has 0 aromatic heterocycles. The van der Waals surface area contributed by atoms with Crippen molar-refractivity contribution in [2.45, 2.75) is 316 Å². The molecule has 0 spiro atoms. The Morgan fingerprint density at radius 1 is 0.274 bits per heavy atom. The maximum Gasteiger partial charge on any atom is 0.472 e. The summed E-state index contributed by atoms with van der Waals surface area (Å²) in [6, 6.07) is 0. The highest BCUT2D eigenvalue weighted by Gasteiger charge is 2.30. The molecule has 106 heavy (non-hydrogen) atoms. The minimum Gasteiger partial charge on any atom is -0.462 e. The van der Waals surface area contributed by atoms with Crippen LogP contribution in [0.1, 0.15) is 297 Å². The van der Waals surface area contributed by atoms with E-state index in [1.807, 2.05) is 30.4 Å². The van der Waals surface area contributed by atoms with Gasteiger partial charge >= 0.3 is 39.5 Å². The van der Waals surface area contributed by atoms with E-state index in [-0.39, 0.29) is 25.7 Å². The molecular weight excluding hydrogens is 1380 g/mol. The van der Waals surface area contributed by atoms with Gasteiger partial charge in [-0.2, -0.15) is 0 Å². The van der Waals surface area contributed by atoms with Crippen molar-refractivity contribution in [1.29, 1.82) is 0 Å². The molecule has 0 aliphatic heterocycles. The van der Waals surface area contributed by atoms with Gasteiger partial charge in [0.1, 0.15) is 19.3 Å². The van der Waals surface area contributed by atoms with Gasteiger partial charge < -0.3 is 33.8 Å². The van der Waals surface area contributed by atoms with Crippen molar-refractivity contribution in [3.63, 3.8) is 0 Å². The predicted molar refractivity (Wildman–Crippen MR) is 436 cm³/mol. The lowest BCUT2D eigenvalue weighted by molar-refractivity contribution is -0.161. The summed E-state index contributed by atoms with van der Waals surface area (Å²) in [5, 5.41) is 10.6. The SMILES string of the molecule is CC/C=C\C/C=C\C/C=C\C/C=C\C/C=C\C/C=C\CCC(=O)O[C@H](COC(=O)CCCCCCC/C=C\C/C=C\CCCCC)COP(=O)(O)OC[C@@H](O)COP(=O)(O)OC[C@@H](COC(=O)CCCCCCC/C=C\C/C=C\CCCCC)OC(=O)CCC/C=C\C/C=C\C/C=C\C/C=C\CCCCC. The van der Waals surface area contributed by atoms with Crippen molar-refractivity contribution < 1.29 is 80.2 Å². The summed E-state index contributed by atoms with van der Waals surface area (Å²) in [5.41, 5.74) is 0. The average Bonchev–Trinajstić information content (AvgIpc) is 0.906. The molecule has 3 N–H and O–H groups in total. The van der Waals surface area contributed by atoms with Crippen LogP contribution in [0.15, 0.2) is 170 Å². The Bertz CT molecular complexity index is 2680. The highest BCUT2D eigenvalue weighted by Crippen LogP contribution is 2.45. The van der Waals surface area contributed by atoms with Crippen LogP contribution in [-0.4, -0.2) is 96.7 Å². The third-order valence-corrected chi connectivity index (χ3v) is 18.0. The molecule has 0 heterocycles. The molecule has 0 aromatic carbocycles. The number of phosphoric ester groups is 2. The van der Waals surface area contributed by atoms with Crippen LogP contribution in [-0.2, 0) is 65.4 Å². The second-order valence-electron chi connectivity index (χ2n) is 26.3. The van der Waals surface area contributed by atoms with E-state index < -0.39 is 97.5 Å². The summed E-state index contributed by atoms with van der Waals surface area (Å²) in [6.45, 7) is 4.49. The van der Waals surface area contributed by atoms with Crippen LogP contribution in [0.5, 0.6) is 0 Å². The highest BCUT2D eigenvalue weighted by molar-refractivity contribution is 7.47. The summed E-state index contributed by atoms with van der Waals surface area (Å²) < 4.78 is 68.5. The number of esters is 4. The maximum absolute atomic E-state index is 13.1. The Kier molecular flexibility index (Phi) is 73.5. The van der Waals surface area contributed by atoms with Crippen LogP contribution < -0.4 is 0 Å². The molecule has 19 heteroatoms. The number of hydrogen-bond acceptors (Lipinski definition) is 15. The summed E-state index contributed by atoms with van der Waals surface area (Å²) in [6.07, 6.45) is 92.1. The van der Waals surface area contributed by atoms with E-state index >= 15 is 0 Å². The molecule has 602 valence electrons. The third-order valence-electron chi connectivity index (χ3n) is 16.1. The largest absolute Gasteiger partial charge is 0.472 e. The van der Waals surface area contributed by atoms with E-state index in [4.69, 9.17) is 37.0 Å². The van der Waals surface area contributed by atoms with Gasteiger partial charge in [-0.25, -0.2) is 9.13 Å². The molecule has 0 saturated heterocycles. The van der Waals surface area contributed by atoms with Gasteiger partial charge in [0.05, 0.1) is 26.4 Å². The molecule has 0 aliphatic carbocycles. The Labute approximate surface area is 642 Å². The summed E-state index contributed by atoms with van der Waals surface area (Å²) in [7, 11) is -10.0. The zero-order valence-electron chi connectivity index (χ0n) is 65.8. The molecule has 0 radical (unpaired) electrons. The van der Waals surface area contributed by atoms with E-state index in [1.54, 1.807) is 0 Å². The molecule has 0 fully saturated rings. The second kappa shape index (κ2) is 77.6. The molecule has 0 aromatic rings. The number of carbonyl (C=O) groups excluding carboxylic acids is 4. The topological polar surface area (TPSA) is 237 Å². The van der Waals surface area contributed by atoms with Crippen molar-refractivity contribution in [2.75, 3.05) is 39.6 Å². The number of unbranched alkanes of at least 4 members (excludes halogenated alkanes) is 20. The Morgan fingerprint density at radius 2 is 0.519 bits per heavy atom. The van der Waals surface area contributed by atoms with Crippen LogP contribution in [0.4, 0.5) is 0 Å². The number of allylic oxidation sites excluding steroid dienone is 28. The zero-order chi connectivity index (χ0) is 77.4. The highest BCUT2D eigenvalue weighted by atomic mass is 31.2. The average molecular weight is 1520 g/mol. The molecule has 0 saturated carbocycles. The zero-order valence-corrected chi connectivity index (χ0v) is 67.6. The minimum absolute atomic E-state index is 0.00845. The second-order valence-corrected chi connectivity index (χ2v) is 29.2. The van der Waals surface area contributed by atoms with Gasteiger partial charge in [0.25, 0.3) is 0 Å². The van der Waals surface area contributed by atoms with Gasteiger partial charge in [0, 0.05) is 25.7 Å². The number of aliphatic hydroxyl groups is 1. The third kappa shape index (κ3) is 76.6. The van der Waals surface area contributed by atoms with E-state index in [2.05, 4.69) is 167 Å². The lowest BCUT2D eigenvalue weighted by Gasteiger charge is -2.21. The summed E-state index contributed by atoms with van der Waals surface area (Å²) in [5.74, 6) is -2.38. The minimum atomic E-state index is -5.01. The molecular formula is C87H142O17P2. The van der Waals surface area contributed by atoms with Gasteiger partial charge in [-0.1, -0.05) is 275 Å². The number of hydrogen-bond donors (Lipinski definition) is 3. The number of carbonyl (C=O) groups is 4. The molecule has 0 rings (SSSR count). The lowest BCUT2D eigenvalue weighted by atomic mass is 10.1. The maximum atomic E-state index is 13.1. The first-order valence-corrected chi connectivity index (χ1v) is 43.4. The van der Waals surface area contributed by atoms with Crippen LogP contribution >= 0.6 is 15.6 Å². The fourth-order valence-corrected chi connectivity index (χ4v) is 11.6. The van der Waals surface area contributed by atoms with Crippen molar-refractivity contribution in [1.82, 2.24) is 0 Å². The van der Waals surface area contributed by atoms with Crippen molar-refractivity contribution in [3.8, 4) is 0 Å². The monoisotopic (exact) mass is 1520 g/mol. The number of ether oxygens (including phenoxy) is 4. The van der Waals surface area contributed by atoms with Gasteiger partial charge in [0.15, 0.2) is 12.2 Å². The van der Waals surface area contributed by atoms with Crippen molar-refractivity contribution in [2.24, 2.45) is 0 Å². The normalized spacial score (nSPS) is 14.7. The fraction of sp³-hybridized carbons (Fsp3) is 0.632. The van der Waals surface area contributed by atoms with E-state index in [9.17, 15) is 43.2 Å². The van der Waals surface area contributed by atoms with E-state index in [1.165, 1.54) is 57.8 Å². The Hall–Kier alpha value is -5.58. The van der Waals surface area contributed by atoms with E-state index in [0.717, 1.165) is 148 Å². The van der Waals surface area contributed by atoms with Gasteiger partial charge in [-0.15, -0.1) is 0 Å². The molecule has 0 bridgehead atoms. The van der Waals surface area contributed by atoms with Gasteiger partial charge in [-0.3, -0.25) is 37.3 Å². The smallest absolute Gasteiger partial charge is 0.462 e. The summed E-state index contributed by atoms with van der Waals surface area (Å²) in [4.78, 5) is 73.0. The predicted octanol–water partition coefficient (Wildman–Crippen LogP) is 23.8. The molecule has 0 aliphatic rings. The first-order valence-electron chi connectivity index (χ1n) is 40.4. The fourth-order valence-electron chi connectivity index (χ4n) is 10.0. The molecule has 5 atom stereocenters. The summed E-state index contributed by atoms with van der Waals surface area (Å²) >= 11 is 0. The molecule has 0 amide bonds. The standard InChI is InChI=1S/C87H142O17P2/c1-5-9-13-17-21-25-29-33-37-39-40-42-46-50-54-58-62-66-70-74-87(92)104-83(78-98-85(90)72-68-64-60-56-52-48-44-36-32-28-24-20-16-12-8-4)80-102-106(95,96)100-76-81(88)75-99-105(93,94)101-79-82(77-97-84(89)71-67-63-59-55-51-47-43-35-31-27-23-19-15-11-7-3)103-86(91)73-69-65-61-57-53-49-45-41-38-34-30-26-22-18-14-10-6-2/h9,13,21-28,33-38,40,42-45,49-50,54,57,61-62,66,81-83,88H,5-8,10-12,14-20,29-32,39,41,46-48,51-53,55-56,58-60,63-65,67-80H2,1-4H3,(H,93,94)(H,95,96)/b13-9-,25-21-,26-22-,27-23-,28-24-,37-33-,38-34-,42-40-,43-35-,44-36-,49-45-,54-50-,61-57-,66-62-/t81-,82+,83+/m0/s1. The first-order chi connectivity index (χ1) is 51.7. The van der Waals surface area contributed by atoms with E-state index in [0.29, 0.717) is 38.5 Å². The van der Waals surface area contributed by atoms with Crippen LogP contribution in [0.3, 0.4) is 0 Å². The van der Waals surface area contributed by atoms with Crippen molar-refractivity contribution in [3.05, 3.63) is 170 Å². The van der Waals surface area contributed by atoms with Gasteiger partial charge in [-0.05, 0) is 167 Å². The Morgan fingerprint density at radius 3 is 0.840 bits per heavy atom. The lowest BCUT2D eigenvalue weighted by Crippen LogP contribution is -2.30. The van der Waals surface area contributed by atoms with Crippen LogP contribution in [0, 0.1) is 0 Å². The quantitative estimate of drug-likeness (QED) is 0.0169. The van der Waals surface area contributed by atoms with Crippen LogP contribution in [0.2, 0.25) is 0 Å². The molecule has 2 unspecified atom stereocenters. The Balaban J connectivity index is 5.53. The van der Waals surface area contributed by atoms with Crippen molar-refractivity contribution >= 4 is 39.5 Å².